The lowest BCUT2D eigenvalue weighted by Gasteiger charge is -1.97. The third kappa shape index (κ3) is 1.77. The lowest BCUT2D eigenvalue weighted by Crippen LogP contribution is -1.98. The Hall–Kier alpha value is -1.35. The van der Waals surface area contributed by atoms with Crippen LogP contribution in [-0.4, -0.2) is 5.78 Å². The van der Waals surface area contributed by atoms with Crippen molar-refractivity contribution in [2.45, 2.75) is 0 Å². The quantitative estimate of drug-likeness (QED) is 0.766. The van der Waals surface area contributed by atoms with Crippen LogP contribution >= 0.6 is 15.9 Å². The van der Waals surface area contributed by atoms with Gasteiger partial charge in [-0.25, -0.2) is 0 Å². The highest BCUT2D eigenvalue weighted by molar-refractivity contribution is 9.10. The van der Waals surface area contributed by atoms with E-state index in [-0.39, 0.29) is 5.78 Å². The first kappa shape index (κ1) is 9.21. The van der Waals surface area contributed by atoms with Gasteiger partial charge in [-0.05, 0) is 24.3 Å². The molecular weight excluding hydrogens is 244 g/mol. The molecule has 0 atom stereocenters. The molecule has 3 heteroatoms. The van der Waals surface area contributed by atoms with Crippen LogP contribution < -0.4 is 0 Å². The van der Waals surface area contributed by atoms with Crippen molar-refractivity contribution in [1.82, 2.24) is 0 Å². The number of rotatable bonds is 2. The number of halogens is 1. The molecule has 1 aromatic carbocycles. The Bertz CT molecular complexity index is 446. The van der Waals surface area contributed by atoms with E-state index in [4.69, 9.17) is 4.42 Å². The average molecular weight is 251 g/mol. The van der Waals surface area contributed by atoms with Gasteiger partial charge in [-0.15, -0.1) is 0 Å². The van der Waals surface area contributed by atoms with Gasteiger partial charge in [-0.1, -0.05) is 28.1 Å². The maximum absolute atomic E-state index is 11.7. The minimum absolute atomic E-state index is 0.101. The first-order chi connectivity index (χ1) is 6.77. The summed E-state index contributed by atoms with van der Waals surface area (Å²) in [4.78, 5) is 11.7. The fraction of sp³-hybridized carbons (Fsp3) is 0. The number of hydrogen-bond donors (Lipinski definition) is 0. The SMILES string of the molecule is O=C(c1cccc(Br)c1)c1ccco1. The number of benzene rings is 1. The van der Waals surface area contributed by atoms with E-state index >= 15 is 0 Å². The van der Waals surface area contributed by atoms with Crippen molar-refractivity contribution < 1.29 is 9.21 Å². The van der Waals surface area contributed by atoms with Gasteiger partial charge in [-0.2, -0.15) is 0 Å². The van der Waals surface area contributed by atoms with Crippen LogP contribution in [0.1, 0.15) is 16.1 Å². The molecule has 14 heavy (non-hydrogen) atoms. The van der Waals surface area contributed by atoms with Crippen LogP contribution in [0.2, 0.25) is 0 Å². The summed E-state index contributed by atoms with van der Waals surface area (Å²) < 4.78 is 5.91. The van der Waals surface area contributed by atoms with Crippen molar-refractivity contribution in [2.75, 3.05) is 0 Å². The monoisotopic (exact) mass is 250 g/mol. The molecule has 2 aromatic rings. The smallest absolute Gasteiger partial charge is 0.228 e. The van der Waals surface area contributed by atoms with Crippen molar-refractivity contribution >= 4 is 21.7 Å². The Labute approximate surface area is 89.7 Å². The summed E-state index contributed by atoms with van der Waals surface area (Å²) in [5, 5.41) is 0. The Morgan fingerprint density at radius 1 is 1.21 bits per heavy atom. The molecule has 0 aliphatic heterocycles. The molecule has 1 aromatic heterocycles. The van der Waals surface area contributed by atoms with E-state index in [0.717, 1.165) is 4.47 Å². The summed E-state index contributed by atoms with van der Waals surface area (Å²) >= 11 is 3.31. The zero-order valence-electron chi connectivity index (χ0n) is 7.24. The van der Waals surface area contributed by atoms with E-state index in [1.165, 1.54) is 6.26 Å². The zero-order chi connectivity index (χ0) is 9.97. The highest BCUT2D eigenvalue weighted by Gasteiger charge is 2.11. The lowest BCUT2D eigenvalue weighted by molar-refractivity contribution is 0.101. The van der Waals surface area contributed by atoms with E-state index in [9.17, 15) is 4.79 Å². The molecule has 0 saturated carbocycles. The summed E-state index contributed by atoms with van der Waals surface area (Å²) in [6, 6.07) is 10.6. The third-order valence-electron chi connectivity index (χ3n) is 1.83. The predicted molar refractivity (Wildman–Crippen MR) is 56.3 cm³/mol. The van der Waals surface area contributed by atoms with Crippen molar-refractivity contribution in [3.05, 3.63) is 58.5 Å². The zero-order valence-corrected chi connectivity index (χ0v) is 8.82. The van der Waals surface area contributed by atoms with Gasteiger partial charge in [0.25, 0.3) is 0 Å². The van der Waals surface area contributed by atoms with Crippen molar-refractivity contribution in [1.29, 1.82) is 0 Å². The largest absolute Gasteiger partial charge is 0.461 e. The van der Waals surface area contributed by atoms with E-state index in [1.807, 2.05) is 12.1 Å². The van der Waals surface area contributed by atoms with Gasteiger partial charge in [0, 0.05) is 10.0 Å². The number of ketones is 1. The first-order valence-corrected chi connectivity index (χ1v) is 4.90. The van der Waals surface area contributed by atoms with Gasteiger partial charge < -0.3 is 4.42 Å². The topological polar surface area (TPSA) is 30.2 Å². The summed E-state index contributed by atoms with van der Waals surface area (Å²) in [6.45, 7) is 0. The van der Waals surface area contributed by atoms with E-state index in [1.54, 1.807) is 24.3 Å². The molecule has 0 bridgehead atoms. The summed E-state index contributed by atoms with van der Waals surface area (Å²) in [5.41, 5.74) is 0.620. The van der Waals surface area contributed by atoms with Gasteiger partial charge in [0.15, 0.2) is 5.76 Å². The van der Waals surface area contributed by atoms with E-state index in [0.29, 0.717) is 11.3 Å². The Balaban J connectivity index is 2.37. The molecule has 2 rings (SSSR count). The molecule has 0 fully saturated rings. The standard InChI is InChI=1S/C11H7BrO2/c12-9-4-1-3-8(7-9)11(13)10-5-2-6-14-10/h1-7H. The maximum Gasteiger partial charge on any atom is 0.228 e. The molecule has 70 valence electrons. The van der Waals surface area contributed by atoms with E-state index < -0.39 is 0 Å². The Morgan fingerprint density at radius 2 is 2.07 bits per heavy atom. The van der Waals surface area contributed by atoms with Crippen LogP contribution in [0, 0.1) is 0 Å². The average Bonchev–Trinajstić information content (AvgIpc) is 2.69. The van der Waals surface area contributed by atoms with Crippen molar-refractivity contribution in [2.24, 2.45) is 0 Å². The summed E-state index contributed by atoms with van der Waals surface area (Å²) in [7, 11) is 0. The fourth-order valence-electron chi connectivity index (χ4n) is 1.18. The molecule has 2 nitrogen and oxygen atoms in total. The molecule has 0 amide bonds. The van der Waals surface area contributed by atoms with Crippen LogP contribution in [0.25, 0.3) is 0 Å². The molecule has 0 unspecified atom stereocenters. The Morgan fingerprint density at radius 3 is 2.71 bits per heavy atom. The lowest BCUT2D eigenvalue weighted by atomic mass is 10.1. The highest BCUT2D eigenvalue weighted by atomic mass is 79.9. The van der Waals surface area contributed by atoms with Crippen LogP contribution in [0.3, 0.4) is 0 Å². The van der Waals surface area contributed by atoms with Gasteiger partial charge in [-0.3, -0.25) is 4.79 Å². The third-order valence-corrected chi connectivity index (χ3v) is 2.33. The Kier molecular flexibility index (Phi) is 2.50. The van der Waals surface area contributed by atoms with Crippen molar-refractivity contribution in [3.63, 3.8) is 0 Å². The number of furan rings is 1. The second kappa shape index (κ2) is 3.80. The number of carbonyl (C=O) groups is 1. The highest BCUT2D eigenvalue weighted by Crippen LogP contribution is 2.15. The summed E-state index contributed by atoms with van der Waals surface area (Å²) in [6.07, 6.45) is 1.49. The molecule has 1 heterocycles. The molecule has 0 aliphatic carbocycles. The second-order valence-corrected chi connectivity index (χ2v) is 3.73. The normalized spacial score (nSPS) is 10.1. The minimum atomic E-state index is -0.101. The maximum atomic E-state index is 11.7. The molecule has 0 aliphatic rings. The number of carbonyl (C=O) groups excluding carboxylic acids is 1. The van der Waals surface area contributed by atoms with Crippen molar-refractivity contribution in [3.8, 4) is 0 Å². The predicted octanol–water partition coefficient (Wildman–Crippen LogP) is 3.27. The van der Waals surface area contributed by atoms with Crippen LogP contribution in [0.15, 0.2) is 51.6 Å². The number of hydrogen-bond acceptors (Lipinski definition) is 2. The van der Waals surface area contributed by atoms with Crippen LogP contribution in [0.4, 0.5) is 0 Å². The molecule has 0 radical (unpaired) electrons. The minimum Gasteiger partial charge on any atom is -0.461 e. The molecular formula is C11H7BrO2. The van der Waals surface area contributed by atoms with Gasteiger partial charge in [0.05, 0.1) is 6.26 Å². The van der Waals surface area contributed by atoms with Crippen LogP contribution in [0.5, 0.6) is 0 Å². The summed E-state index contributed by atoms with van der Waals surface area (Å²) in [5.74, 6) is 0.263. The first-order valence-electron chi connectivity index (χ1n) is 4.11. The second-order valence-electron chi connectivity index (χ2n) is 2.82. The molecule has 0 spiro atoms. The van der Waals surface area contributed by atoms with Crippen LogP contribution in [-0.2, 0) is 0 Å². The fourth-order valence-corrected chi connectivity index (χ4v) is 1.58. The van der Waals surface area contributed by atoms with Gasteiger partial charge >= 0.3 is 0 Å². The molecule has 0 saturated heterocycles. The van der Waals surface area contributed by atoms with Gasteiger partial charge in [0.1, 0.15) is 0 Å². The van der Waals surface area contributed by atoms with E-state index in [2.05, 4.69) is 15.9 Å². The molecule has 0 N–H and O–H groups in total. The van der Waals surface area contributed by atoms with Gasteiger partial charge in [0.2, 0.25) is 5.78 Å².